The van der Waals surface area contributed by atoms with E-state index >= 15 is 0 Å². The molecule has 2 fully saturated rings. The van der Waals surface area contributed by atoms with Crippen LogP contribution in [0.15, 0.2) is 66.9 Å². The van der Waals surface area contributed by atoms with Crippen molar-refractivity contribution >= 4 is 35.7 Å². The van der Waals surface area contributed by atoms with Gasteiger partial charge in [0.15, 0.2) is 5.82 Å². The molecule has 4 aromatic rings. The number of tetrazole rings is 1. The number of carbonyl (C=O) groups is 2. The van der Waals surface area contributed by atoms with Crippen LogP contribution in [0, 0.1) is 11.8 Å². The SMILES string of the molecule is CN1CCN(c2cc(-c3ccc(C[C@H](N)C(=O)N(c4ccc(-c5nnn[nH]5)cc4)C(=O)[C@H]4CC[C@H](CN)CC4)cc3)ccn2)CC1.Cl. The van der Waals surface area contributed by atoms with E-state index in [1.165, 1.54) is 4.90 Å². The van der Waals surface area contributed by atoms with Crippen LogP contribution in [0.3, 0.4) is 0 Å². The Bertz CT molecular complexity index is 1600. The Morgan fingerprint density at radius 2 is 1.62 bits per heavy atom. The first-order valence-corrected chi connectivity index (χ1v) is 16.1. The molecule has 0 radical (unpaired) electrons. The molecule has 0 spiro atoms. The molecule has 47 heavy (non-hydrogen) atoms. The van der Waals surface area contributed by atoms with E-state index in [2.05, 4.69) is 48.5 Å². The Morgan fingerprint density at radius 3 is 2.26 bits per heavy atom. The number of nitrogens with two attached hydrogens (primary N) is 2. The number of piperazine rings is 1. The molecule has 248 valence electrons. The Kier molecular flexibility index (Phi) is 11.3. The van der Waals surface area contributed by atoms with Gasteiger partial charge in [0.05, 0.1) is 11.7 Å². The highest BCUT2D eigenvalue weighted by molar-refractivity contribution is 6.17. The third-order valence-electron chi connectivity index (χ3n) is 9.35. The summed E-state index contributed by atoms with van der Waals surface area (Å²) in [6, 6.07) is 18.4. The maximum absolute atomic E-state index is 14.0. The highest BCUT2D eigenvalue weighted by Crippen LogP contribution is 2.32. The molecule has 1 atom stereocenters. The summed E-state index contributed by atoms with van der Waals surface area (Å²) in [5.74, 6) is 1.00. The van der Waals surface area contributed by atoms with Gasteiger partial charge in [-0.15, -0.1) is 17.5 Å². The number of benzene rings is 2. The molecule has 2 aliphatic rings. The van der Waals surface area contributed by atoms with E-state index < -0.39 is 11.9 Å². The van der Waals surface area contributed by atoms with E-state index in [-0.39, 0.29) is 24.2 Å². The Labute approximate surface area is 281 Å². The van der Waals surface area contributed by atoms with Crippen molar-refractivity contribution in [2.75, 3.05) is 49.6 Å². The first-order valence-electron chi connectivity index (χ1n) is 16.1. The van der Waals surface area contributed by atoms with Crippen LogP contribution in [0.1, 0.15) is 31.2 Å². The average Bonchev–Trinajstić information content (AvgIpc) is 3.65. The minimum atomic E-state index is -0.905. The summed E-state index contributed by atoms with van der Waals surface area (Å²) >= 11 is 0. The fourth-order valence-electron chi connectivity index (χ4n) is 6.39. The van der Waals surface area contributed by atoms with Gasteiger partial charge in [-0.05, 0) is 115 Å². The summed E-state index contributed by atoms with van der Waals surface area (Å²) in [6.07, 6.45) is 5.31. The number of pyridine rings is 1. The molecule has 2 aromatic heterocycles. The van der Waals surface area contributed by atoms with Crippen molar-refractivity contribution in [1.29, 1.82) is 0 Å². The lowest BCUT2D eigenvalue weighted by Gasteiger charge is -2.33. The van der Waals surface area contributed by atoms with E-state index in [9.17, 15) is 9.59 Å². The fourth-order valence-corrected chi connectivity index (χ4v) is 6.39. The van der Waals surface area contributed by atoms with Gasteiger partial charge in [0.2, 0.25) is 5.91 Å². The lowest BCUT2D eigenvalue weighted by Crippen LogP contribution is -2.50. The third-order valence-corrected chi connectivity index (χ3v) is 9.35. The Hall–Kier alpha value is -4.23. The second-order valence-electron chi connectivity index (χ2n) is 12.5. The quantitative estimate of drug-likeness (QED) is 0.243. The van der Waals surface area contributed by atoms with Gasteiger partial charge >= 0.3 is 0 Å². The summed E-state index contributed by atoms with van der Waals surface area (Å²) in [5, 5.41) is 13.9. The summed E-state index contributed by atoms with van der Waals surface area (Å²) in [5.41, 5.74) is 16.7. The number of H-pyrrole nitrogens is 1. The molecule has 5 N–H and O–H groups in total. The Balaban J connectivity index is 0.00000433. The molecule has 6 rings (SSSR count). The first-order chi connectivity index (χ1) is 22.4. The first kappa shape index (κ1) is 34.1. The van der Waals surface area contributed by atoms with E-state index in [1.54, 1.807) is 24.3 Å². The third kappa shape index (κ3) is 8.02. The summed E-state index contributed by atoms with van der Waals surface area (Å²) < 4.78 is 0. The molecule has 1 aliphatic carbocycles. The molecule has 1 saturated carbocycles. The van der Waals surface area contributed by atoms with Gasteiger partial charge in [-0.1, -0.05) is 24.3 Å². The van der Waals surface area contributed by atoms with E-state index in [4.69, 9.17) is 11.5 Å². The van der Waals surface area contributed by atoms with E-state index in [0.29, 0.717) is 43.2 Å². The number of hydrogen-bond acceptors (Lipinski definition) is 10. The van der Waals surface area contributed by atoms with Crippen LogP contribution >= 0.6 is 12.4 Å². The molecule has 12 nitrogen and oxygen atoms in total. The topological polar surface area (TPSA) is 163 Å². The number of nitrogens with zero attached hydrogens (tertiary/aromatic N) is 7. The number of halogens is 1. The molecular formula is C34H43ClN10O2. The number of amides is 2. The molecule has 2 aromatic carbocycles. The summed E-state index contributed by atoms with van der Waals surface area (Å²) in [7, 11) is 2.14. The monoisotopic (exact) mass is 658 g/mol. The van der Waals surface area contributed by atoms with Crippen LogP contribution in [0.25, 0.3) is 22.5 Å². The van der Waals surface area contributed by atoms with Gasteiger partial charge in [-0.25, -0.2) is 15.0 Å². The van der Waals surface area contributed by atoms with Crippen molar-refractivity contribution in [3.05, 3.63) is 72.4 Å². The molecule has 13 heteroatoms. The van der Waals surface area contributed by atoms with Crippen molar-refractivity contribution in [1.82, 2.24) is 30.5 Å². The second-order valence-corrected chi connectivity index (χ2v) is 12.5. The van der Waals surface area contributed by atoms with Crippen LogP contribution in [0.5, 0.6) is 0 Å². The zero-order chi connectivity index (χ0) is 32.0. The van der Waals surface area contributed by atoms with Gasteiger partial charge in [-0.2, -0.15) is 0 Å². The van der Waals surface area contributed by atoms with Crippen LogP contribution in [-0.4, -0.2) is 88.1 Å². The van der Waals surface area contributed by atoms with Crippen molar-refractivity contribution in [2.45, 2.75) is 38.1 Å². The largest absolute Gasteiger partial charge is 0.354 e. The predicted octanol–water partition coefficient (Wildman–Crippen LogP) is 3.30. The van der Waals surface area contributed by atoms with Gasteiger partial charge in [-0.3, -0.25) is 9.59 Å². The number of hydrogen-bond donors (Lipinski definition) is 3. The number of likely N-dealkylation sites (N-methyl/N-ethyl adjacent to an activating group) is 1. The number of imide groups is 1. The molecule has 0 bridgehead atoms. The maximum atomic E-state index is 14.0. The molecule has 0 unspecified atom stereocenters. The highest BCUT2D eigenvalue weighted by Gasteiger charge is 2.35. The smallest absolute Gasteiger partial charge is 0.251 e. The zero-order valence-corrected chi connectivity index (χ0v) is 27.5. The number of aromatic nitrogens is 5. The molecular weight excluding hydrogens is 616 g/mol. The van der Waals surface area contributed by atoms with Crippen LogP contribution in [0.2, 0.25) is 0 Å². The van der Waals surface area contributed by atoms with E-state index in [0.717, 1.165) is 67.1 Å². The number of carbonyl (C=O) groups excluding carboxylic acids is 2. The number of anilines is 2. The van der Waals surface area contributed by atoms with Gasteiger partial charge in [0.25, 0.3) is 5.91 Å². The summed E-state index contributed by atoms with van der Waals surface area (Å²) in [4.78, 5) is 38.4. The standard InChI is InChI=1S/C34H42N10O2.ClH/c1-42-16-18-43(19-17-42)31-21-28(14-15-37-31)25-6-2-23(3-7-25)20-30(36)34(46)44(33(45)27-8-4-24(22-35)5-9-27)29-12-10-26(11-13-29)32-38-40-41-39-32;/h2-3,6-7,10-15,21,24,27,30H,4-5,8-9,16-20,22,35-36H2,1H3,(H,38,39,40,41);1H/t24-,27-,30-;/m0./s1. The van der Waals surface area contributed by atoms with Gasteiger partial charge in [0, 0.05) is 43.9 Å². The minimum absolute atomic E-state index is 0. The number of aromatic amines is 1. The number of nitrogens with one attached hydrogen (secondary N) is 1. The van der Waals surface area contributed by atoms with Crippen molar-refractivity contribution < 1.29 is 9.59 Å². The Morgan fingerprint density at radius 1 is 0.936 bits per heavy atom. The highest BCUT2D eigenvalue weighted by atomic mass is 35.5. The van der Waals surface area contributed by atoms with Crippen molar-refractivity contribution in [3.63, 3.8) is 0 Å². The molecule has 3 heterocycles. The zero-order valence-electron chi connectivity index (χ0n) is 26.7. The second kappa shape index (κ2) is 15.6. The van der Waals surface area contributed by atoms with Crippen LogP contribution in [0.4, 0.5) is 11.5 Å². The predicted molar refractivity (Wildman–Crippen MR) is 185 cm³/mol. The maximum Gasteiger partial charge on any atom is 0.251 e. The molecule has 1 saturated heterocycles. The molecule has 2 amide bonds. The van der Waals surface area contributed by atoms with Crippen molar-refractivity contribution in [3.8, 4) is 22.5 Å². The van der Waals surface area contributed by atoms with Crippen molar-refractivity contribution in [2.24, 2.45) is 23.3 Å². The van der Waals surface area contributed by atoms with E-state index in [1.807, 2.05) is 36.5 Å². The lowest BCUT2D eigenvalue weighted by molar-refractivity contribution is -0.130. The lowest BCUT2D eigenvalue weighted by atomic mass is 9.81. The normalized spacial score (nSPS) is 19.1. The van der Waals surface area contributed by atoms with Gasteiger partial charge < -0.3 is 21.3 Å². The van der Waals surface area contributed by atoms with Crippen LogP contribution in [-0.2, 0) is 16.0 Å². The minimum Gasteiger partial charge on any atom is -0.354 e. The molecule has 1 aliphatic heterocycles. The van der Waals surface area contributed by atoms with Crippen LogP contribution < -0.4 is 21.3 Å². The summed E-state index contributed by atoms with van der Waals surface area (Å²) in [6.45, 7) is 4.56. The fraction of sp³-hybridized carbons (Fsp3) is 0.412. The number of rotatable bonds is 9. The van der Waals surface area contributed by atoms with Gasteiger partial charge in [0.1, 0.15) is 5.82 Å². The average molecular weight is 659 g/mol.